The SMILES string of the molecule is C#CCCOc1cc(CCN)ccc1OC. The van der Waals surface area contributed by atoms with Gasteiger partial charge >= 0.3 is 0 Å². The number of hydrogen-bond donors (Lipinski definition) is 1. The molecule has 0 aliphatic carbocycles. The Morgan fingerprint density at radius 2 is 2.19 bits per heavy atom. The number of methoxy groups -OCH3 is 1. The highest BCUT2D eigenvalue weighted by molar-refractivity contribution is 5.43. The zero-order chi connectivity index (χ0) is 11.8. The summed E-state index contributed by atoms with van der Waals surface area (Å²) in [6, 6.07) is 5.82. The van der Waals surface area contributed by atoms with Crippen molar-refractivity contribution in [1.82, 2.24) is 0 Å². The molecule has 0 spiro atoms. The van der Waals surface area contributed by atoms with Crippen LogP contribution < -0.4 is 15.2 Å². The van der Waals surface area contributed by atoms with Gasteiger partial charge < -0.3 is 15.2 Å². The number of terminal acetylenes is 1. The highest BCUT2D eigenvalue weighted by Crippen LogP contribution is 2.28. The van der Waals surface area contributed by atoms with Crippen LogP contribution in [0.1, 0.15) is 12.0 Å². The third kappa shape index (κ3) is 3.48. The fourth-order valence-electron chi connectivity index (χ4n) is 1.38. The Labute approximate surface area is 96.6 Å². The predicted octanol–water partition coefficient (Wildman–Crippen LogP) is 1.60. The van der Waals surface area contributed by atoms with Crippen molar-refractivity contribution in [2.45, 2.75) is 12.8 Å². The van der Waals surface area contributed by atoms with Gasteiger partial charge in [-0.3, -0.25) is 0 Å². The second kappa shape index (κ2) is 6.76. The van der Waals surface area contributed by atoms with E-state index in [1.807, 2.05) is 18.2 Å². The van der Waals surface area contributed by atoms with E-state index in [0.717, 1.165) is 23.5 Å². The lowest BCUT2D eigenvalue weighted by Crippen LogP contribution is -2.04. The predicted molar refractivity (Wildman–Crippen MR) is 64.7 cm³/mol. The van der Waals surface area contributed by atoms with E-state index >= 15 is 0 Å². The summed E-state index contributed by atoms with van der Waals surface area (Å²) in [5.41, 5.74) is 6.64. The number of benzene rings is 1. The first-order valence-electron chi connectivity index (χ1n) is 5.25. The summed E-state index contributed by atoms with van der Waals surface area (Å²) in [5, 5.41) is 0. The lowest BCUT2D eigenvalue weighted by Gasteiger charge is -2.11. The molecule has 1 rings (SSSR count). The fourth-order valence-corrected chi connectivity index (χ4v) is 1.38. The molecule has 0 heterocycles. The summed E-state index contributed by atoms with van der Waals surface area (Å²) in [6.45, 7) is 1.12. The molecule has 0 fully saturated rings. The molecule has 2 N–H and O–H groups in total. The highest BCUT2D eigenvalue weighted by atomic mass is 16.5. The van der Waals surface area contributed by atoms with E-state index in [2.05, 4.69) is 5.92 Å². The second-order valence-corrected chi connectivity index (χ2v) is 3.33. The van der Waals surface area contributed by atoms with Crippen molar-refractivity contribution in [3.05, 3.63) is 23.8 Å². The third-order valence-electron chi connectivity index (χ3n) is 2.17. The molecule has 1 aromatic carbocycles. The van der Waals surface area contributed by atoms with E-state index in [1.54, 1.807) is 7.11 Å². The Morgan fingerprint density at radius 1 is 1.38 bits per heavy atom. The van der Waals surface area contributed by atoms with E-state index in [-0.39, 0.29) is 0 Å². The van der Waals surface area contributed by atoms with Crippen LogP contribution in [-0.2, 0) is 6.42 Å². The third-order valence-corrected chi connectivity index (χ3v) is 2.17. The summed E-state index contributed by atoms with van der Waals surface area (Å²) < 4.78 is 10.7. The first-order valence-corrected chi connectivity index (χ1v) is 5.25. The quantitative estimate of drug-likeness (QED) is 0.584. The molecule has 1 aromatic rings. The Hall–Kier alpha value is -1.66. The van der Waals surface area contributed by atoms with E-state index in [0.29, 0.717) is 19.6 Å². The van der Waals surface area contributed by atoms with Gasteiger partial charge in [0.25, 0.3) is 0 Å². The molecule has 0 aromatic heterocycles. The largest absolute Gasteiger partial charge is 0.493 e. The summed E-state index contributed by atoms with van der Waals surface area (Å²) in [7, 11) is 1.62. The zero-order valence-corrected chi connectivity index (χ0v) is 9.53. The van der Waals surface area contributed by atoms with Crippen LogP contribution in [0.15, 0.2) is 18.2 Å². The average Bonchev–Trinajstić information content (AvgIpc) is 2.30. The Kier molecular flexibility index (Phi) is 5.24. The topological polar surface area (TPSA) is 44.5 Å². The summed E-state index contributed by atoms with van der Waals surface area (Å²) >= 11 is 0. The van der Waals surface area contributed by atoms with Crippen molar-refractivity contribution in [2.24, 2.45) is 5.73 Å². The summed E-state index contributed by atoms with van der Waals surface area (Å²) in [4.78, 5) is 0. The lowest BCUT2D eigenvalue weighted by atomic mass is 10.1. The van der Waals surface area contributed by atoms with Crippen LogP contribution in [0.25, 0.3) is 0 Å². The van der Waals surface area contributed by atoms with Gasteiger partial charge in [-0.05, 0) is 30.7 Å². The number of rotatable bonds is 6. The fraction of sp³-hybridized carbons (Fsp3) is 0.385. The van der Waals surface area contributed by atoms with Crippen LogP contribution in [0.4, 0.5) is 0 Å². The molecule has 86 valence electrons. The van der Waals surface area contributed by atoms with Crippen molar-refractivity contribution >= 4 is 0 Å². The van der Waals surface area contributed by atoms with Crippen molar-refractivity contribution < 1.29 is 9.47 Å². The van der Waals surface area contributed by atoms with Gasteiger partial charge in [0.15, 0.2) is 11.5 Å². The van der Waals surface area contributed by atoms with Crippen LogP contribution >= 0.6 is 0 Å². The van der Waals surface area contributed by atoms with Gasteiger partial charge in [-0.1, -0.05) is 6.07 Å². The lowest BCUT2D eigenvalue weighted by molar-refractivity contribution is 0.301. The van der Waals surface area contributed by atoms with E-state index in [1.165, 1.54) is 0 Å². The van der Waals surface area contributed by atoms with Crippen LogP contribution in [0.2, 0.25) is 0 Å². The molecule has 16 heavy (non-hydrogen) atoms. The summed E-state index contributed by atoms with van der Waals surface area (Å²) in [6.07, 6.45) is 6.58. The summed E-state index contributed by atoms with van der Waals surface area (Å²) in [5.74, 6) is 3.98. The second-order valence-electron chi connectivity index (χ2n) is 3.33. The normalized spacial score (nSPS) is 9.56. The van der Waals surface area contributed by atoms with E-state index in [4.69, 9.17) is 21.6 Å². The molecule has 0 unspecified atom stereocenters. The van der Waals surface area contributed by atoms with Crippen LogP contribution in [-0.4, -0.2) is 20.3 Å². The number of nitrogens with two attached hydrogens (primary N) is 1. The molecule has 0 amide bonds. The molecule has 0 saturated heterocycles. The maximum atomic E-state index is 5.55. The molecule has 3 nitrogen and oxygen atoms in total. The van der Waals surface area contributed by atoms with E-state index < -0.39 is 0 Å². The van der Waals surface area contributed by atoms with Crippen molar-refractivity contribution in [1.29, 1.82) is 0 Å². The first kappa shape index (κ1) is 12.4. The van der Waals surface area contributed by atoms with Gasteiger partial charge in [0.1, 0.15) is 0 Å². The van der Waals surface area contributed by atoms with Crippen molar-refractivity contribution in [3.8, 4) is 23.8 Å². The first-order chi connectivity index (χ1) is 7.81. The monoisotopic (exact) mass is 219 g/mol. The Bertz CT molecular complexity index is 369. The molecule has 0 atom stereocenters. The van der Waals surface area contributed by atoms with Crippen molar-refractivity contribution in [3.63, 3.8) is 0 Å². The van der Waals surface area contributed by atoms with E-state index in [9.17, 15) is 0 Å². The molecule has 3 heteroatoms. The average molecular weight is 219 g/mol. The highest BCUT2D eigenvalue weighted by Gasteiger charge is 2.05. The maximum Gasteiger partial charge on any atom is 0.161 e. The molecule has 0 saturated carbocycles. The van der Waals surface area contributed by atoms with Crippen molar-refractivity contribution in [2.75, 3.05) is 20.3 Å². The molecule has 0 bridgehead atoms. The minimum Gasteiger partial charge on any atom is -0.493 e. The van der Waals surface area contributed by atoms with Gasteiger partial charge in [0.2, 0.25) is 0 Å². The van der Waals surface area contributed by atoms with Gasteiger partial charge in [0.05, 0.1) is 13.7 Å². The smallest absolute Gasteiger partial charge is 0.161 e. The zero-order valence-electron chi connectivity index (χ0n) is 9.53. The van der Waals surface area contributed by atoms with Gasteiger partial charge in [-0.15, -0.1) is 12.3 Å². The minimum atomic E-state index is 0.499. The van der Waals surface area contributed by atoms with Gasteiger partial charge in [-0.2, -0.15) is 0 Å². The molecular weight excluding hydrogens is 202 g/mol. The molecule has 0 radical (unpaired) electrons. The Balaban J connectivity index is 2.76. The minimum absolute atomic E-state index is 0.499. The van der Waals surface area contributed by atoms with Crippen LogP contribution in [0, 0.1) is 12.3 Å². The van der Waals surface area contributed by atoms with Gasteiger partial charge in [0, 0.05) is 6.42 Å². The number of hydrogen-bond acceptors (Lipinski definition) is 3. The van der Waals surface area contributed by atoms with Crippen LogP contribution in [0.5, 0.6) is 11.5 Å². The molecule has 0 aliphatic heterocycles. The molecule has 0 aliphatic rings. The van der Waals surface area contributed by atoms with Gasteiger partial charge in [-0.25, -0.2) is 0 Å². The maximum absolute atomic E-state index is 5.55. The standard InChI is InChI=1S/C13H17NO2/c1-3-4-9-16-13-10-11(7-8-14)5-6-12(13)15-2/h1,5-6,10H,4,7-9,14H2,2H3. The molecular formula is C13H17NO2. The number of ether oxygens (including phenoxy) is 2. The van der Waals surface area contributed by atoms with Crippen LogP contribution in [0.3, 0.4) is 0 Å². The Morgan fingerprint density at radius 3 is 2.81 bits per heavy atom.